The summed E-state index contributed by atoms with van der Waals surface area (Å²) in [5, 5.41) is 2.67. The van der Waals surface area contributed by atoms with Crippen LogP contribution in [-0.4, -0.2) is 37.0 Å². The molecule has 0 spiro atoms. The van der Waals surface area contributed by atoms with Gasteiger partial charge >= 0.3 is 0 Å². The van der Waals surface area contributed by atoms with Crippen molar-refractivity contribution >= 4 is 5.91 Å². The first-order valence-corrected chi connectivity index (χ1v) is 5.48. The summed E-state index contributed by atoms with van der Waals surface area (Å²) < 4.78 is 0. The molecule has 3 heteroatoms. The minimum atomic E-state index is 0.166. The molecule has 0 aromatic carbocycles. The lowest BCUT2D eigenvalue weighted by molar-refractivity contribution is -0.120. The zero-order chi connectivity index (χ0) is 10.7. The lowest BCUT2D eigenvalue weighted by Gasteiger charge is -2.22. The van der Waals surface area contributed by atoms with E-state index in [4.69, 9.17) is 0 Å². The molecule has 1 heterocycles. The molecule has 0 aliphatic carbocycles. The quantitative estimate of drug-likeness (QED) is 0.740. The summed E-state index contributed by atoms with van der Waals surface area (Å²) in [7, 11) is 3.88. The normalized spacial score (nSPS) is 33.3. The van der Waals surface area contributed by atoms with E-state index >= 15 is 0 Å². The summed E-state index contributed by atoms with van der Waals surface area (Å²) in [4.78, 5) is 13.5. The fraction of sp³-hybridized carbons (Fsp3) is 0.909. The van der Waals surface area contributed by atoms with Crippen molar-refractivity contribution < 1.29 is 4.79 Å². The summed E-state index contributed by atoms with van der Waals surface area (Å²) in [5.41, 5.74) is 0. The third-order valence-corrected chi connectivity index (χ3v) is 3.68. The monoisotopic (exact) mass is 198 g/mol. The van der Waals surface area contributed by atoms with E-state index < -0.39 is 0 Å². The predicted molar refractivity (Wildman–Crippen MR) is 58.1 cm³/mol. The second-order valence-electron chi connectivity index (χ2n) is 4.46. The molecule has 0 saturated carbocycles. The maximum Gasteiger partial charge on any atom is 0.219 e. The smallest absolute Gasteiger partial charge is 0.219 e. The van der Waals surface area contributed by atoms with Gasteiger partial charge in [-0.1, -0.05) is 0 Å². The van der Waals surface area contributed by atoms with Crippen molar-refractivity contribution in [3.8, 4) is 0 Å². The van der Waals surface area contributed by atoms with Gasteiger partial charge in [-0.15, -0.1) is 0 Å². The molecule has 3 unspecified atom stereocenters. The van der Waals surface area contributed by atoms with Gasteiger partial charge in [-0.25, -0.2) is 0 Å². The number of nitrogens with one attached hydrogen (secondary N) is 1. The van der Waals surface area contributed by atoms with Crippen LogP contribution < -0.4 is 5.32 Å². The number of amides is 1. The molecule has 82 valence electrons. The first-order valence-electron chi connectivity index (χ1n) is 5.48. The van der Waals surface area contributed by atoms with E-state index in [9.17, 15) is 4.79 Å². The molecule has 0 aromatic rings. The van der Waals surface area contributed by atoms with Gasteiger partial charge in [-0.05, 0) is 39.7 Å². The van der Waals surface area contributed by atoms with Crippen LogP contribution in [0.5, 0.6) is 0 Å². The molecule has 1 fully saturated rings. The van der Waals surface area contributed by atoms with Crippen LogP contribution in [-0.2, 0) is 4.79 Å². The Hall–Kier alpha value is -0.570. The molecule has 1 rings (SSSR count). The van der Waals surface area contributed by atoms with Gasteiger partial charge < -0.3 is 10.2 Å². The fourth-order valence-corrected chi connectivity index (χ4v) is 2.34. The Morgan fingerprint density at radius 2 is 2.14 bits per heavy atom. The van der Waals surface area contributed by atoms with Gasteiger partial charge in [0.25, 0.3) is 0 Å². The Morgan fingerprint density at radius 3 is 2.57 bits per heavy atom. The summed E-state index contributed by atoms with van der Waals surface area (Å²) >= 11 is 0. The van der Waals surface area contributed by atoms with E-state index in [1.807, 2.05) is 0 Å². The lowest BCUT2D eigenvalue weighted by atomic mass is 9.95. The third kappa shape index (κ3) is 2.47. The van der Waals surface area contributed by atoms with Crippen LogP contribution in [0.3, 0.4) is 0 Å². The van der Waals surface area contributed by atoms with Crippen molar-refractivity contribution in [2.24, 2.45) is 5.92 Å². The van der Waals surface area contributed by atoms with Crippen molar-refractivity contribution in [3.05, 3.63) is 0 Å². The zero-order valence-corrected chi connectivity index (χ0v) is 9.71. The number of rotatable bonds is 3. The number of hydrogen-bond donors (Lipinski definition) is 1. The van der Waals surface area contributed by atoms with E-state index in [1.165, 1.54) is 6.42 Å². The molecule has 3 nitrogen and oxygen atoms in total. The van der Waals surface area contributed by atoms with Crippen LogP contribution >= 0.6 is 0 Å². The maximum absolute atomic E-state index is 11.1. The number of carbonyl (C=O) groups excluding carboxylic acids is 1. The average molecular weight is 198 g/mol. The highest BCUT2D eigenvalue weighted by molar-refractivity contribution is 5.75. The number of carbonyl (C=O) groups is 1. The standard InChI is InChI=1S/C11H22N2O/c1-8-7-10(9(2)13(8)4)5-6-11(14)12-3/h8-10H,5-7H2,1-4H3,(H,12,14). The molecule has 3 atom stereocenters. The summed E-state index contributed by atoms with van der Waals surface area (Å²) in [6.45, 7) is 4.52. The predicted octanol–water partition coefficient (Wildman–Crippen LogP) is 1.24. The van der Waals surface area contributed by atoms with Crippen molar-refractivity contribution in [3.63, 3.8) is 0 Å². The molecule has 1 saturated heterocycles. The highest BCUT2D eigenvalue weighted by atomic mass is 16.1. The summed E-state index contributed by atoms with van der Waals surface area (Å²) in [6, 6.07) is 1.29. The highest BCUT2D eigenvalue weighted by Crippen LogP contribution is 2.31. The molecule has 1 aliphatic heterocycles. The molecular weight excluding hydrogens is 176 g/mol. The van der Waals surface area contributed by atoms with E-state index in [0.717, 1.165) is 6.42 Å². The number of hydrogen-bond acceptors (Lipinski definition) is 2. The minimum Gasteiger partial charge on any atom is -0.359 e. The van der Waals surface area contributed by atoms with Gasteiger partial charge in [0.15, 0.2) is 0 Å². The van der Waals surface area contributed by atoms with Gasteiger partial charge in [0.05, 0.1) is 0 Å². The Morgan fingerprint density at radius 1 is 1.50 bits per heavy atom. The maximum atomic E-state index is 11.1. The Balaban J connectivity index is 2.36. The topological polar surface area (TPSA) is 32.3 Å². The SMILES string of the molecule is CNC(=O)CCC1CC(C)N(C)C1C. The first-order chi connectivity index (χ1) is 6.56. The van der Waals surface area contributed by atoms with Gasteiger partial charge in [-0.3, -0.25) is 4.79 Å². The van der Waals surface area contributed by atoms with Gasteiger partial charge in [-0.2, -0.15) is 0 Å². The highest BCUT2D eigenvalue weighted by Gasteiger charge is 2.33. The van der Waals surface area contributed by atoms with Crippen LogP contribution in [0.15, 0.2) is 0 Å². The molecule has 1 N–H and O–H groups in total. The van der Waals surface area contributed by atoms with Crippen LogP contribution in [0, 0.1) is 5.92 Å². The molecular formula is C11H22N2O. The van der Waals surface area contributed by atoms with Crippen LogP contribution in [0.2, 0.25) is 0 Å². The largest absolute Gasteiger partial charge is 0.359 e. The molecule has 1 amide bonds. The van der Waals surface area contributed by atoms with Gasteiger partial charge in [0.2, 0.25) is 5.91 Å². The first kappa shape index (κ1) is 11.5. The number of likely N-dealkylation sites (tertiary alicyclic amines) is 1. The molecule has 14 heavy (non-hydrogen) atoms. The van der Waals surface area contributed by atoms with Crippen LogP contribution in [0.25, 0.3) is 0 Å². The van der Waals surface area contributed by atoms with Crippen LogP contribution in [0.1, 0.15) is 33.1 Å². The van der Waals surface area contributed by atoms with E-state index in [2.05, 4.69) is 31.1 Å². The van der Waals surface area contributed by atoms with E-state index in [0.29, 0.717) is 24.4 Å². The summed E-state index contributed by atoms with van der Waals surface area (Å²) in [5.74, 6) is 0.853. The molecule has 0 aromatic heterocycles. The molecule has 0 bridgehead atoms. The Kier molecular flexibility index (Phi) is 3.93. The minimum absolute atomic E-state index is 0.166. The lowest BCUT2D eigenvalue weighted by Crippen LogP contribution is -2.30. The Bertz CT molecular complexity index is 205. The fourth-order valence-electron chi connectivity index (χ4n) is 2.34. The van der Waals surface area contributed by atoms with Gasteiger partial charge in [0, 0.05) is 25.6 Å². The van der Waals surface area contributed by atoms with Crippen LogP contribution in [0.4, 0.5) is 0 Å². The molecule has 0 radical (unpaired) electrons. The second kappa shape index (κ2) is 4.78. The third-order valence-electron chi connectivity index (χ3n) is 3.68. The summed E-state index contributed by atoms with van der Waals surface area (Å²) in [6.07, 6.45) is 2.93. The zero-order valence-electron chi connectivity index (χ0n) is 9.71. The average Bonchev–Trinajstić information content (AvgIpc) is 2.42. The molecule has 1 aliphatic rings. The van der Waals surface area contributed by atoms with Crippen molar-refractivity contribution in [2.45, 2.75) is 45.2 Å². The second-order valence-corrected chi connectivity index (χ2v) is 4.46. The van der Waals surface area contributed by atoms with E-state index in [-0.39, 0.29) is 5.91 Å². The van der Waals surface area contributed by atoms with Gasteiger partial charge in [0.1, 0.15) is 0 Å². The number of nitrogens with zero attached hydrogens (tertiary/aromatic N) is 1. The Labute approximate surface area is 86.9 Å². The van der Waals surface area contributed by atoms with Crippen molar-refractivity contribution in [1.29, 1.82) is 0 Å². The van der Waals surface area contributed by atoms with Crippen molar-refractivity contribution in [2.75, 3.05) is 14.1 Å². The van der Waals surface area contributed by atoms with Crippen molar-refractivity contribution in [1.82, 2.24) is 10.2 Å². The van der Waals surface area contributed by atoms with E-state index in [1.54, 1.807) is 7.05 Å².